The Hall–Kier alpha value is -0.0800. The monoisotopic (exact) mass is 185 g/mol. The van der Waals surface area contributed by atoms with Crippen molar-refractivity contribution >= 4 is 0 Å². The Morgan fingerprint density at radius 1 is 1.23 bits per heavy atom. The van der Waals surface area contributed by atoms with Gasteiger partial charge in [-0.1, -0.05) is 13.8 Å². The normalized spacial score (nSPS) is 35.3. The zero-order valence-corrected chi connectivity index (χ0v) is 9.34. The largest absolute Gasteiger partial charge is 0.376 e. The van der Waals surface area contributed by atoms with Crippen LogP contribution in [0.3, 0.4) is 0 Å². The zero-order chi connectivity index (χ0) is 9.84. The summed E-state index contributed by atoms with van der Waals surface area (Å²) < 4.78 is 5.70. The maximum absolute atomic E-state index is 5.70. The van der Waals surface area contributed by atoms with Gasteiger partial charge in [-0.2, -0.15) is 0 Å². The van der Waals surface area contributed by atoms with Crippen molar-refractivity contribution in [3.63, 3.8) is 0 Å². The molecule has 0 aromatic heterocycles. The average molecular weight is 185 g/mol. The lowest BCUT2D eigenvalue weighted by Gasteiger charge is -2.32. The van der Waals surface area contributed by atoms with Gasteiger partial charge in [-0.3, -0.25) is 0 Å². The molecule has 0 aromatic rings. The molecule has 0 spiro atoms. The fourth-order valence-corrected chi connectivity index (χ4v) is 2.11. The second kappa shape index (κ2) is 4.97. The van der Waals surface area contributed by atoms with Crippen molar-refractivity contribution in [2.75, 3.05) is 6.54 Å². The topological polar surface area (TPSA) is 21.3 Å². The third-order valence-corrected chi connectivity index (χ3v) is 2.61. The minimum absolute atomic E-state index is 0.447. The van der Waals surface area contributed by atoms with E-state index in [-0.39, 0.29) is 0 Å². The fraction of sp³-hybridized carbons (Fsp3) is 1.00. The summed E-state index contributed by atoms with van der Waals surface area (Å²) in [6.07, 6.45) is 3.32. The van der Waals surface area contributed by atoms with Gasteiger partial charge in [0.25, 0.3) is 0 Å². The van der Waals surface area contributed by atoms with Crippen LogP contribution in [0.2, 0.25) is 0 Å². The first-order valence-corrected chi connectivity index (χ1v) is 5.46. The summed E-state index contributed by atoms with van der Waals surface area (Å²) in [5.74, 6) is 0.807. The lowest BCUT2D eigenvalue weighted by Crippen LogP contribution is -2.36. The molecule has 0 amide bonds. The molecule has 13 heavy (non-hydrogen) atoms. The van der Waals surface area contributed by atoms with Crippen molar-refractivity contribution in [3.05, 3.63) is 0 Å². The molecule has 2 heteroatoms. The highest BCUT2D eigenvalue weighted by Crippen LogP contribution is 2.23. The third-order valence-electron chi connectivity index (χ3n) is 2.61. The maximum atomic E-state index is 5.70. The second-order valence-corrected chi connectivity index (χ2v) is 4.66. The summed E-state index contributed by atoms with van der Waals surface area (Å²) >= 11 is 0. The van der Waals surface area contributed by atoms with Crippen molar-refractivity contribution in [1.82, 2.24) is 5.32 Å². The van der Waals surface area contributed by atoms with Crippen LogP contribution < -0.4 is 5.32 Å². The molecule has 0 aliphatic carbocycles. The Morgan fingerprint density at radius 3 is 2.23 bits per heavy atom. The average Bonchev–Trinajstić information content (AvgIpc) is 1.99. The molecule has 0 aromatic carbocycles. The SMILES string of the molecule is CC(C)NCC1C[C@@H](C)O[C@@H](C)C1. The standard InChI is InChI=1S/C11H23NO/c1-8(2)12-7-11-5-9(3)13-10(4)6-11/h8-12H,5-7H2,1-4H3/t9-,10+,11?. The van der Waals surface area contributed by atoms with E-state index in [1.54, 1.807) is 0 Å². The number of hydrogen-bond acceptors (Lipinski definition) is 2. The van der Waals surface area contributed by atoms with E-state index in [1.165, 1.54) is 12.8 Å². The van der Waals surface area contributed by atoms with Crippen LogP contribution in [0.25, 0.3) is 0 Å². The van der Waals surface area contributed by atoms with Gasteiger partial charge in [0.05, 0.1) is 12.2 Å². The van der Waals surface area contributed by atoms with Crippen LogP contribution in [0.4, 0.5) is 0 Å². The van der Waals surface area contributed by atoms with Crippen molar-refractivity contribution in [2.24, 2.45) is 5.92 Å². The third kappa shape index (κ3) is 4.10. The second-order valence-electron chi connectivity index (χ2n) is 4.66. The molecule has 78 valence electrons. The first-order valence-electron chi connectivity index (χ1n) is 5.46. The molecule has 0 saturated carbocycles. The van der Waals surface area contributed by atoms with E-state index in [4.69, 9.17) is 4.74 Å². The lowest BCUT2D eigenvalue weighted by molar-refractivity contribution is -0.0518. The Labute approximate surface area is 82.0 Å². The zero-order valence-electron chi connectivity index (χ0n) is 9.34. The van der Waals surface area contributed by atoms with Crippen molar-refractivity contribution in [1.29, 1.82) is 0 Å². The number of ether oxygens (including phenoxy) is 1. The van der Waals surface area contributed by atoms with Gasteiger partial charge in [0.1, 0.15) is 0 Å². The van der Waals surface area contributed by atoms with Crippen LogP contribution in [0.1, 0.15) is 40.5 Å². The van der Waals surface area contributed by atoms with Gasteiger partial charge >= 0.3 is 0 Å². The Morgan fingerprint density at radius 2 is 1.77 bits per heavy atom. The van der Waals surface area contributed by atoms with Gasteiger partial charge in [-0.15, -0.1) is 0 Å². The molecule has 1 heterocycles. The highest BCUT2D eigenvalue weighted by Gasteiger charge is 2.23. The maximum Gasteiger partial charge on any atom is 0.0553 e. The molecular weight excluding hydrogens is 162 g/mol. The first-order chi connectivity index (χ1) is 6.08. The van der Waals surface area contributed by atoms with Crippen LogP contribution in [0.5, 0.6) is 0 Å². The van der Waals surface area contributed by atoms with Gasteiger partial charge in [-0.05, 0) is 39.2 Å². The van der Waals surface area contributed by atoms with Crippen LogP contribution >= 0.6 is 0 Å². The lowest BCUT2D eigenvalue weighted by atomic mass is 9.92. The van der Waals surface area contributed by atoms with Crippen molar-refractivity contribution in [2.45, 2.75) is 58.8 Å². The summed E-state index contributed by atoms with van der Waals surface area (Å²) in [4.78, 5) is 0. The van der Waals surface area contributed by atoms with Crippen molar-refractivity contribution in [3.8, 4) is 0 Å². The van der Waals surface area contributed by atoms with Crippen LogP contribution in [-0.4, -0.2) is 24.8 Å². The van der Waals surface area contributed by atoms with E-state index in [9.17, 15) is 0 Å². The molecule has 1 saturated heterocycles. The first kappa shape index (κ1) is 11.0. The molecule has 2 nitrogen and oxygen atoms in total. The van der Waals surface area contributed by atoms with Gasteiger partial charge in [0.2, 0.25) is 0 Å². The highest BCUT2D eigenvalue weighted by atomic mass is 16.5. The number of rotatable bonds is 3. The van der Waals surface area contributed by atoms with Crippen LogP contribution in [0.15, 0.2) is 0 Å². The summed E-state index contributed by atoms with van der Waals surface area (Å²) in [7, 11) is 0. The van der Waals surface area contributed by atoms with Crippen LogP contribution in [-0.2, 0) is 4.74 Å². The van der Waals surface area contributed by atoms with E-state index < -0.39 is 0 Å². The molecule has 1 aliphatic heterocycles. The van der Waals surface area contributed by atoms with Gasteiger partial charge in [0.15, 0.2) is 0 Å². The minimum Gasteiger partial charge on any atom is -0.376 e. The smallest absolute Gasteiger partial charge is 0.0553 e. The van der Waals surface area contributed by atoms with Gasteiger partial charge < -0.3 is 10.1 Å². The Kier molecular flexibility index (Phi) is 4.20. The van der Waals surface area contributed by atoms with E-state index in [0.717, 1.165) is 12.5 Å². The number of nitrogens with one attached hydrogen (secondary N) is 1. The fourth-order valence-electron chi connectivity index (χ4n) is 2.11. The Balaban J connectivity index is 2.25. The van der Waals surface area contributed by atoms with E-state index in [1.807, 2.05) is 0 Å². The summed E-state index contributed by atoms with van der Waals surface area (Å²) in [5, 5.41) is 3.50. The summed E-state index contributed by atoms with van der Waals surface area (Å²) in [6, 6.07) is 0.605. The molecule has 0 radical (unpaired) electrons. The van der Waals surface area contributed by atoms with Gasteiger partial charge in [-0.25, -0.2) is 0 Å². The van der Waals surface area contributed by atoms with E-state index in [0.29, 0.717) is 18.2 Å². The van der Waals surface area contributed by atoms with E-state index in [2.05, 4.69) is 33.0 Å². The van der Waals surface area contributed by atoms with Crippen molar-refractivity contribution < 1.29 is 4.74 Å². The Bertz CT molecular complexity index is 137. The molecule has 1 unspecified atom stereocenters. The molecule has 1 fully saturated rings. The predicted molar refractivity (Wildman–Crippen MR) is 55.9 cm³/mol. The quantitative estimate of drug-likeness (QED) is 0.727. The minimum atomic E-state index is 0.447. The van der Waals surface area contributed by atoms with Gasteiger partial charge in [0, 0.05) is 6.04 Å². The molecule has 1 aliphatic rings. The molecular formula is C11H23NO. The molecule has 3 atom stereocenters. The predicted octanol–water partition coefficient (Wildman–Crippen LogP) is 2.19. The number of hydrogen-bond donors (Lipinski definition) is 1. The summed E-state index contributed by atoms with van der Waals surface area (Å²) in [6.45, 7) is 9.91. The van der Waals surface area contributed by atoms with E-state index >= 15 is 0 Å². The molecule has 1 N–H and O–H groups in total. The van der Waals surface area contributed by atoms with Crippen LogP contribution in [0, 0.1) is 5.92 Å². The molecule has 1 rings (SSSR count). The molecule has 0 bridgehead atoms. The highest BCUT2D eigenvalue weighted by molar-refractivity contribution is 4.75. The summed E-state index contributed by atoms with van der Waals surface area (Å²) in [5.41, 5.74) is 0.